The molecule has 0 saturated heterocycles. The minimum Gasteiger partial charge on any atom is -0.438 e. The van der Waals surface area contributed by atoms with Gasteiger partial charge in [0.15, 0.2) is 0 Å². The molecule has 0 unspecified atom stereocenters. The number of furan rings is 1. The van der Waals surface area contributed by atoms with Crippen LogP contribution in [0.5, 0.6) is 0 Å². The number of benzene rings is 2. The third kappa shape index (κ3) is 2.77. The van der Waals surface area contributed by atoms with Gasteiger partial charge < -0.3 is 4.42 Å². The van der Waals surface area contributed by atoms with Gasteiger partial charge in [0.25, 0.3) is 0 Å². The van der Waals surface area contributed by atoms with E-state index in [4.69, 9.17) is 11.3 Å². The summed E-state index contributed by atoms with van der Waals surface area (Å²) < 4.78 is 46.9. The largest absolute Gasteiger partial charge is 0.438 e. The number of fused-ring (bicyclic) bond motifs is 3. The molecular formula is C24H18N2O. The topological polar surface area (TPSA) is 38.9 Å². The number of nitrogens with zero attached hydrogens (tertiary/aromatic N) is 2. The van der Waals surface area contributed by atoms with Gasteiger partial charge in [-0.3, -0.25) is 4.98 Å². The molecule has 0 amide bonds. The molecule has 2 aromatic carbocycles. The van der Waals surface area contributed by atoms with E-state index in [2.05, 4.69) is 9.97 Å². The highest BCUT2D eigenvalue weighted by Crippen LogP contribution is 2.36. The zero-order valence-electron chi connectivity index (χ0n) is 19.3. The van der Waals surface area contributed by atoms with Crippen molar-refractivity contribution in [2.24, 2.45) is 0 Å². The van der Waals surface area contributed by atoms with Crippen LogP contribution in [0.1, 0.15) is 23.5 Å². The van der Waals surface area contributed by atoms with Crippen molar-refractivity contribution in [1.82, 2.24) is 9.97 Å². The van der Waals surface area contributed by atoms with Gasteiger partial charge in [-0.05, 0) is 42.0 Å². The molecular weight excluding hydrogens is 332 g/mol. The second kappa shape index (κ2) is 6.36. The van der Waals surface area contributed by atoms with Gasteiger partial charge in [-0.1, -0.05) is 54.6 Å². The van der Waals surface area contributed by atoms with Crippen LogP contribution in [0.3, 0.4) is 0 Å². The zero-order valence-corrected chi connectivity index (χ0v) is 14.3. The summed E-state index contributed by atoms with van der Waals surface area (Å²) >= 11 is 0. The molecule has 0 N–H and O–H groups in total. The number of para-hydroxylation sites is 1. The second-order valence-electron chi connectivity index (χ2n) is 6.25. The van der Waals surface area contributed by atoms with Crippen molar-refractivity contribution in [2.75, 3.05) is 0 Å². The number of aryl methyl sites for hydroxylation is 1. The van der Waals surface area contributed by atoms with Gasteiger partial charge >= 0.3 is 0 Å². The van der Waals surface area contributed by atoms with Gasteiger partial charge in [-0.15, -0.1) is 0 Å². The summed E-state index contributed by atoms with van der Waals surface area (Å²) in [6.45, 7) is -2.27. The molecule has 5 rings (SSSR count). The fourth-order valence-corrected chi connectivity index (χ4v) is 3.23. The Bertz CT molecular complexity index is 1420. The van der Waals surface area contributed by atoms with Crippen molar-refractivity contribution >= 4 is 22.1 Å². The minimum absolute atomic E-state index is 0.122. The van der Waals surface area contributed by atoms with Crippen LogP contribution in [0.15, 0.2) is 83.5 Å². The Kier molecular flexibility index (Phi) is 2.66. The van der Waals surface area contributed by atoms with Gasteiger partial charge in [0, 0.05) is 30.2 Å². The lowest BCUT2D eigenvalue weighted by Crippen LogP contribution is -1.96. The van der Waals surface area contributed by atoms with Crippen LogP contribution >= 0.6 is 0 Å². The maximum atomic E-state index is 9.12. The minimum atomic E-state index is -2.27. The number of rotatable bonds is 3. The Morgan fingerprint density at radius 2 is 1.78 bits per heavy atom. The number of hydrogen-bond donors (Lipinski definition) is 0. The van der Waals surface area contributed by atoms with Crippen molar-refractivity contribution < 1.29 is 11.3 Å². The monoisotopic (exact) mass is 355 g/mol. The van der Waals surface area contributed by atoms with Crippen molar-refractivity contribution in [1.29, 1.82) is 0 Å². The van der Waals surface area contributed by atoms with E-state index in [1.807, 2.05) is 30.3 Å². The van der Waals surface area contributed by atoms with Crippen molar-refractivity contribution in [2.45, 2.75) is 13.2 Å². The highest BCUT2D eigenvalue weighted by atomic mass is 16.3. The fourth-order valence-electron chi connectivity index (χ4n) is 3.23. The molecule has 0 aliphatic rings. The molecule has 3 aromatic heterocycles. The predicted octanol–water partition coefficient (Wildman–Crippen LogP) is 5.94. The number of aromatic nitrogens is 2. The molecule has 3 nitrogen and oxygen atoms in total. The van der Waals surface area contributed by atoms with Crippen molar-refractivity contribution in [3.8, 4) is 11.3 Å². The zero-order chi connectivity index (χ0) is 22.5. The lowest BCUT2D eigenvalue weighted by atomic mass is 9.95. The fraction of sp³-hybridized carbons (Fsp3) is 0.0833. The highest BCUT2D eigenvalue weighted by molar-refractivity contribution is 6.07. The maximum Gasteiger partial charge on any atom is 0.227 e. The molecule has 0 radical (unpaired) electrons. The maximum absolute atomic E-state index is 9.12. The average molecular weight is 355 g/mol. The smallest absolute Gasteiger partial charge is 0.227 e. The number of hydrogen-bond acceptors (Lipinski definition) is 3. The predicted molar refractivity (Wildman–Crippen MR) is 109 cm³/mol. The first-order valence-corrected chi connectivity index (χ1v) is 8.60. The number of pyridine rings is 2. The summed E-state index contributed by atoms with van der Waals surface area (Å²) in [6, 6.07) is 19.4. The second-order valence-corrected chi connectivity index (χ2v) is 6.25. The summed E-state index contributed by atoms with van der Waals surface area (Å²) in [5.41, 5.74) is 2.86. The van der Waals surface area contributed by atoms with E-state index >= 15 is 0 Å². The van der Waals surface area contributed by atoms with Crippen molar-refractivity contribution in [3.05, 3.63) is 95.8 Å². The summed E-state index contributed by atoms with van der Waals surface area (Å²) in [7, 11) is 0. The quantitative estimate of drug-likeness (QED) is 0.402. The molecule has 130 valence electrons. The van der Waals surface area contributed by atoms with E-state index in [1.165, 1.54) is 18.5 Å². The van der Waals surface area contributed by atoms with Gasteiger partial charge in [-0.2, -0.15) is 0 Å². The average Bonchev–Trinajstić information content (AvgIpc) is 3.17. The molecule has 3 heterocycles. The Labute approximate surface area is 164 Å². The third-order valence-corrected chi connectivity index (χ3v) is 4.49. The molecule has 27 heavy (non-hydrogen) atoms. The van der Waals surface area contributed by atoms with Crippen LogP contribution in [-0.2, 0) is 6.37 Å². The molecule has 5 aromatic rings. The Hall–Kier alpha value is -3.46. The van der Waals surface area contributed by atoms with Gasteiger partial charge in [0.2, 0.25) is 5.71 Å². The van der Waals surface area contributed by atoms with Crippen LogP contribution in [-0.4, -0.2) is 9.97 Å². The Morgan fingerprint density at radius 3 is 2.59 bits per heavy atom. The molecule has 0 atom stereocenters. The van der Waals surface area contributed by atoms with E-state index in [0.29, 0.717) is 39.1 Å². The van der Waals surface area contributed by atoms with E-state index in [0.717, 1.165) is 5.39 Å². The first-order chi connectivity index (χ1) is 15.3. The molecule has 3 heteroatoms. The lowest BCUT2D eigenvalue weighted by Gasteiger charge is -2.11. The highest BCUT2D eigenvalue weighted by Gasteiger charge is 2.18. The summed E-state index contributed by atoms with van der Waals surface area (Å²) in [5, 5.41) is 1.33. The van der Waals surface area contributed by atoms with Crippen LogP contribution < -0.4 is 0 Å². The molecule has 0 saturated carbocycles. The Balaban J connectivity index is 1.84. The van der Waals surface area contributed by atoms with E-state index in [1.54, 1.807) is 30.3 Å². The van der Waals surface area contributed by atoms with E-state index < -0.39 is 13.2 Å². The molecule has 0 spiro atoms. The van der Waals surface area contributed by atoms with Crippen LogP contribution in [0.25, 0.3) is 33.3 Å². The van der Waals surface area contributed by atoms with Gasteiger partial charge in [0.1, 0.15) is 5.58 Å². The van der Waals surface area contributed by atoms with Gasteiger partial charge in [0.05, 0.1) is 11.1 Å². The SMILES string of the molecule is [2H]C([2H])([2H])c1ccc(-c2cnc3oc4ccccc4c3c2C([2H])([2H])c2ccccc2)nc1. The molecule has 0 aliphatic carbocycles. The lowest BCUT2D eigenvalue weighted by molar-refractivity contribution is 0.654. The molecule has 0 aliphatic heterocycles. The molecule has 0 bridgehead atoms. The van der Waals surface area contributed by atoms with E-state index in [9.17, 15) is 0 Å². The normalized spacial score (nSPS) is 15.0. The first kappa shape index (κ1) is 11.3. The van der Waals surface area contributed by atoms with Crippen molar-refractivity contribution in [3.63, 3.8) is 0 Å². The van der Waals surface area contributed by atoms with Crippen LogP contribution in [0.2, 0.25) is 0 Å². The Morgan fingerprint density at radius 1 is 0.926 bits per heavy atom. The van der Waals surface area contributed by atoms with Gasteiger partial charge in [-0.25, -0.2) is 4.98 Å². The van der Waals surface area contributed by atoms with Crippen LogP contribution in [0, 0.1) is 6.85 Å². The molecule has 0 fully saturated rings. The third-order valence-electron chi connectivity index (χ3n) is 4.49. The summed E-state index contributed by atoms with van der Waals surface area (Å²) in [6.07, 6.45) is 0.953. The first-order valence-electron chi connectivity index (χ1n) is 11.1. The standard InChI is InChI=1S/C24H18N2O/c1-16-11-12-21(25-14-16)20-15-26-24-23(18-9-5-6-10-22(18)27-24)19(20)13-17-7-3-2-4-8-17/h2-12,14-15H,13H2,1H3/i1D3,13D2. The summed E-state index contributed by atoms with van der Waals surface area (Å²) in [5.74, 6) is 0. The van der Waals surface area contributed by atoms with E-state index in [-0.39, 0.29) is 5.56 Å². The van der Waals surface area contributed by atoms with Crippen LogP contribution in [0.4, 0.5) is 0 Å². The summed E-state index contributed by atoms with van der Waals surface area (Å²) in [4.78, 5) is 8.81.